The summed E-state index contributed by atoms with van der Waals surface area (Å²) in [7, 11) is -23.2. The Morgan fingerprint density at radius 3 is 2.12 bits per heavy atom. The first-order valence-electron chi connectivity index (χ1n) is 18.4. The van der Waals surface area contributed by atoms with Crippen LogP contribution >= 0.6 is 0 Å². The fourth-order valence-corrected chi connectivity index (χ4v) is 9.81. The summed E-state index contributed by atoms with van der Waals surface area (Å²) in [6.07, 6.45) is -1.30. The smallest absolute Gasteiger partial charge is 0.397 e. The van der Waals surface area contributed by atoms with Gasteiger partial charge in [0.1, 0.15) is 21.2 Å². The molecule has 0 spiro atoms. The van der Waals surface area contributed by atoms with Crippen LogP contribution in [0.25, 0.3) is 21.5 Å². The monoisotopic (exact) mass is 1030 g/mol. The molecule has 0 aliphatic rings. The number of anilines is 3. The third-order valence-corrected chi connectivity index (χ3v) is 14.0. The fourth-order valence-electron chi connectivity index (χ4n) is 6.28. The molecule has 0 bridgehead atoms. The van der Waals surface area contributed by atoms with E-state index >= 15 is 0 Å². The molecule has 31 heteroatoms. The van der Waals surface area contributed by atoms with Gasteiger partial charge in [-0.1, -0.05) is 42.5 Å². The van der Waals surface area contributed by atoms with Crippen LogP contribution in [0.15, 0.2) is 104 Å². The van der Waals surface area contributed by atoms with Crippen LogP contribution in [-0.4, -0.2) is 118 Å². The zero-order valence-electron chi connectivity index (χ0n) is 33.8. The number of azo groups is 1. The van der Waals surface area contributed by atoms with Gasteiger partial charge in [-0.3, -0.25) is 23.0 Å². The molecule has 6 aromatic rings. The molecule has 0 unspecified atom stereocenters. The number of benzene rings is 5. The molecule has 356 valence electrons. The number of aromatic nitrogens is 3. The van der Waals surface area contributed by atoms with Crippen LogP contribution in [0.5, 0.6) is 5.75 Å². The number of sulfone groups is 1. The highest BCUT2D eigenvalue weighted by atomic mass is 32.3. The second-order valence-electron chi connectivity index (χ2n) is 13.9. The second kappa shape index (κ2) is 19.1. The van der Waals surface area contributed by atoms with E-state index in [2.05, 4.69) is 40.0 Å². The van der Waals surface area contributed by atoms with E-state index < -0.39 is 129 Å². The number of hydrogen-bond acceptors (Lipinski definition) is 20. The maximum absolute atomic E-state index is 14.6. The van der Waals surface area contributed by atoms with Crippen molar-refractivity contribution < 1.29 is 78.8 Å². The third-order valence-electron chi connectivity index (χ3n) is 9.32. The maximum Gasteiger partial charge on any atom is 0.397 e. The number of aromatic hydroxyl groups is 1. The van der Waals surface area contributed by atoms with Gasteiger partial charge in [0.25, 0.3) is 36.3 Å². The Hall–Kier alpha value is -6.42. The first-order chi connectivity index (χ1) is 31.1. The van der Waals surface area contributed by atoms with E-state index in [4.69, 9.17) is 4.55 Å². The Morgan fingerprint density at radius 1 is 0.776 bits per heavy atom. The van der Waals surface area contributed by atoms with Crippen LogP contribution in [0.3, 0.4) is 0 Å². The van der Waals surface area contributed by atoms with Crippen LogP contribution in [-0.2, 0) is 61.3 Å². The van der Waals surface area contributed by atoms with E-state index in [1.807, 2.05) is 0 Å². The van der Waals surface area contributed by atoms with Gasteiger partial charge in [0.05, 0.1) is 28.7 Å². The third kappa shape index (κ3) is 12.3. The number of phenolic OH excluding ortho intramolecular Hbond substituents is 1. The topological polar surface area (TPSA) is 389 Å². The number of phenols is 1. The Bertz CT molecular complexity index is 3570. The van der Waals surface area contributed by atoms with Gasteiger partial charge < -0.3 is 20.6 Å². The van der Waals surface area contributed by atoms with E-state index in [-0.39, 0.29) is 46.9 Å². The van der Waals surface area contributed by atoms with Crippen molar-refractivity contribution in [3.05, 3.63) is 96.1 Å². The lowest BCUT2D eigenvalue weighted by Gasteiger charge is -2.17. The average molecular weight is 1030 g/mol. The van der Waals surface area contributed by atoms with Crippen molar-refractivity contribution in [1.29, 1.82) is 0 Å². The summed E-state index contributed by atoms with van der Waals surface area (Å²) in [4.78, 5) is 22.5. The molecule has 0 saturated carbocycles. The Labute approximate surface area is 379 Å². The molecule has 0 aliphatic carbocycles. The Balaban J connectivity index is 1.35. The number of amides is 1. The van der Waals surface area contributed by atoms with Gasteiger partial charge in [-0.05, 0) is 52.7 Å². The Morgan fingerprint density at radius 2 is 1.48 bits per heavy atom. The van der Waals surface area contributed by atoms with Gasteiger partial charge in [0.15, 0.2) is 15.6 Å². The Kier molecular flexibility index (Phi) is 14.2. The molecule has 0 radical (unpaired) electrons. The van der Waals surface area contributed by atoms with Crippen molar-refractivity contribution in [1.82, 2.24) is 15.0 Å². The van der Waals surface area contributed by atoms with E-state index in [0.29, 0.717) is 6.07 Å². The predicted octanol–water partition coefficient (Wildman–Crippen LogP) is 3.71. The molecule has 1 heterocycles. The van der Waals surface area contributed by atoms with Crippen LogP contribution in [0.1, 0.15) is 15.9 Å². The molecule has 6 rings (SSSR count). The molecule has 1 aromatic heterocycles. The van der Waals surface area contributed by atoms with Crippen molar-refractivity contribution in [2.75, 3.05) is 47.2 Å². The van der Waals surface area contributed by atoms with Gasteiger partial charge >= 0.3 is 16.5 Å². The lowest BCUT2D eigenvalue weighted by Crippen LogP contribution is -2.29. The zero-order chi connectivity index (χ0) is 49.3. The first kappa shape index (κ1) is 50.0. The summed E-state index contributed by atoms with van der Waals surface area (Å²) in [5, 5.41) is 23.1. The van der Waals surface area contributed by atoms with Gasteiger partial charge in [-0.2, -0.15) is 53.0 Å². The number of nitrogens with zero attached hydrogens (tertiary/aromatic N) is 6. The number of halogens is 1. The minimum Gasteiger partial charge on any atom is -0.505 e. The number of fused-ring (bicyclic) bond motifs is 2. The van der Waals surface area contributed by atoms with Crippen molar-refractivity contribution >= 4 is 107 Å². The molecular formula is C36H33FN8O17S5. The molecular weight excluding hydrogens is 996 g/mol. The summed E-state index contributed by atoms with van der Waals surface area (Å²) >= 11 is 0. The van der Waals surface area contributed by atoms with E-state index in [1.165, 1.54) is 55.6 Å². The molecule has 5 aromatic carbocycles. The summed E-state index contributed by atoms with van der Waals surface area (Å²) in [5.74, 6) is -4.08. The largest absolute Gasteiger partial charge is 0.505 e. The molecule has 67 heavy (non-hydrogen) atoms. The lowest BCUT2D eigenvalue weighted by atomic mass is 10.0. The SMILES string of the molecule is CN(CCS(=O)(=O)CCOS(=O)(=O)O)c1nc(F)nc(NCc2cccc3c(S(=O)(=O)O)c(N=Nc4c(S(=O)(=O)O)cc5cc(S(=O)(=O)O)cc(NC(=O)c6ccccc6)c5c4O)ccc23)n1. The summed E-state index contributed by atoms with van der Waals surface area (Å²) in [6.45, 7) is -1.43. The number of nitrogens with one attached hydrogen (secondary N) is 2. The molecule has 25 nitrogen and oxygen atoms in total. The minimum atomic E-state index is -5.39. The lowest BCUT2D eigenvalue weighted by molar-refractivity contribution is 0.102. The van der Waals surface area contributed by atoms with E-state index in [0.717, 1.165) is 23.1 Å². The highest BCUT2D eigenvalue weighted by molar-refractivity contribution is 7.91. The summed E-state index contributed by atoms with van der Waals surface area (Å²) in [6, 6.07) is 15.8. The number of rotatable bonds is 18. The van der Waals surface area contributed by atoms with Gasteiger partial charge in [-0.25, -0.2) is 12.6 Å². The highest BCUT2D eigenvalue weighted by Crippen LogP contribution is 2.46. The molecule has 0 saturated heterocycles. The summed E-state index contributed by atoms with van der Waals surface area (Å²) < 4.78 is 179. The van der Waals surface area contributed by atoms with Gasteiger partial charge in [0, 0.05) is 36.5 Å². The number of hydrogen-bond donors (Lipinski definition) is 7. The number of carbonyl (C=O) groups is 1. The van der Waals surface area contributed by atoms with Crippen molar-refractivity contribution in [3.63, 3.8) is 0 Å². The van der Waals surface area contributed by atoms with Crippen molar-refractivity contribution in [2.24, 2.45) is 10.2 Å². The van der Waals surface area contributed by atoms with Gasteiger partial charge in [-0.15, -0.1) is 10.2 Å². The van der Waals surface area contributed by atoms with E-state index in [9.17, 15) is 70.0 Å². The minimum absolute atomic E-state index is 0.0455. The molecule has 1 amide bonds. The molecule has 0 aliphatic heterocycles. The molecule has 0 fully saturated rings. The standard InChI is InChI=1S/C36H33FN8O17S5/c1-45(12-14-63(48,49)15-13-62-67(59,60)61)36-41-34(37)40-35(42-36)38-19-21-8-5-9-25-24(21)10-11-26(32(25)66(56,57)58)43-44-30-28(65(53,54)55)17-22-16-23(64(50,51)52)18-27(29(22)31(30)46)39-33(47)20-6-3-2-4-7-20/h2-11,16-18,46H,12-15,19H2,1H3,(H,39,47)(H,50,51,52)(H,53,54,55)(H,56,57,58)(H,59,60,61)(H,38,40,41,42). The normalized spacial score (nSPS) is 12.7. The quantitative estimate of drug-likeness (QED) is 0.0476. The van der Waals surface area contributed by atoms with Gasteiger partial charge in [0.2, 0.25) is 11.9 Å². The second-order valence-corrected chi connectivity index (χ2v) is 21.5. The van der Waals surface area contributed by atoms with Crippen LogP contribution in [0.2, 0.25) is 0 Å². The van der Waals surface area contributed by atoms with E-state index in [1.54, 1.807) is 6.07 Å². The van der Waals surface area contributed by atoms with Crippen LogP contribution in [0.4, 0.5) is 33.3 Å². The number of carbonyl (C=O) groups excluding carboxylic acids is 1. The zero-order valence-corrected chi connectivity index (χ0v) is 37.9. The molecule has 0 atom stereocenters. The molecule has 7 N–H and O–H groups in total. The fraction of sp³-hybridized carbons (Fsp3) is 0.167. The highest BCUT2D eigenvalue weighted by Gasteiger charge is 2.28. The maximum atomic E-state index is 14.6. The van der Waals surface area contributed by atoms with Crippen molar-refractivity contribution in [3.8, 4) is 5.75 Å². The summed E-state index contributed by atoms with van der Waals surface area (Å²) in [5.41, 5.74) is -1.89. The van der Waals surface area contributed by atoms with Crippen molar-refractivity contribution in [2.45, 2.75) is 21.2 Å². The van der Waals surface area contributed by atoms with Crippen LogP contribution in [0, 0.1) is 6.08 Å². The van der Waals surface area contributed by atoms with Crippen LogP contribution < -0.4 is 15.5 Å². The average Bonchev–Trinajstić information content (AvgIpc) is 3.22. The predicted molar refractivity (Wildman–Crippen MR) is 234 cm³/mol. The first-order valence-corrected chi connectivity index (χ1v) is 25.9.